The van der Waals surface area contributed by atoms with Gasteiger partial charge in [-0.3, -0.25) is 4.79 Å². The van der Waals surface area contributed by atoms with E-state index in [1.165, 1.54) is 5.56 Å². The third kappa shape index (κ3) is 4.98. The summed E-state index contributed by atoms with van der Waals surface area (Å²) in [5.74, 6) is 1.81. The number of ether oxygens (including phenoxy) is 1. The van der Waals surface area contributed by atoms with Crippen LogP contribution in [0.3, 0.4) is 0 Å². The van der Waals surface area contributed by atoms with E-state index in [-0.39, 0.29) is 11.3 Å². The summed E-state index contributed by atoms with van der Waals surface area (Å²) in [6.45, 7) is 14.5. The van der Waals surface area contributed by atoms with Gasteiger partial charge >= 0.3 is 0 Å². The van der Waals surface area contributed by atoms with Crippen molar-refractivity contribution in [3.63, 3.8) is 0 Å². The molecule has 2 aliphatic rings. The highest BCUT2D eigenvalue weighted by molar-refractivity contribution is 5.94. The maximum Gasteiger partial charge on any atom is 0.253 e. The lowest BCUT2D eigenvalue weighted by Crippen LogP contribution is -2.49. The minimum Gasteiger partial charge on any atom is -0.378 e. The molecule has 2 aromatic rings. The van der Waals surface area contributed by atoms with Crippen LogP contribution in [0, 0.1) is 6.92 Å². The number of morpholine rings is 1. The number of piperazine rings is 1. The summed E-state index contributed by atoms with van der Waals surface area (Å²) in [6.07, 6.45) is 0. The van der Waals surface area contributed by atoms with E-state index in [9.17, 15) is 4.79 Å². The predicted molar refractivity (Wildman–Crippen MR) is 123 cm³/mol. The topological polar surface area (TPSA) is 61.8 Å². The van der Waals surface area contributed by atoms with Crippen LogP contribution in [0.15, 0.2) is 30.3 Å². The molecule has 1 aromatic carbocycles. The van der Waals surface area contributed by atoms with Crippen LogP contribution in [-0.2, 0) is 10.2 Å². The van der Waals surface area contributed by atoms with Crippen LogP contribution in [0.5, 0.6) is 0 Å². The Hall–Kier alpha value is -2.67. The number of rotatable bonds is 3. The molecule has 7 heteroatoms. The van der Waals surface area contributed by atoms with E-state index in [1.807, 2.05) is 30.0 Å². The zero-order valence-electron chi connectivity index (χ0n) is 19.1. The summed E-state index contributed by atoms with van der Waals surface area (Å²) in [5, 5.41) is 0. The Balaban J connectivity index is 1.40. The van der Waals surface area contributed by atoms with E-state index in [0.29, 0.717) is 13.1 Å². The summed E-state index contributed by atoms with van der Waals surface area (Å²) >= 11 is 0. The van der Waals surface area contributed by atoms with Gasteiger partial charge in [0.25, 0.3) is 5.91 Å². The Kier molecular flexibility index (Phi) is 6.14. The maximum atomic E-state index is 13.0. The Morgan fingerprint density at radius 1 is 0.903 bits per heavy atom. The van der Waals surface area contributed by atoms with Gasteiger partial charge in [-0.2, -0.15) is 4.98 Å². The van der Waals surface area contributed by atoms with Crippen molar-refractivity contribution in [3.05, 3.63) is 47.2 Å². The Labute approximate surface area is 185 Å². The second-order valence-corrected chi connectivity index (χ2v) is 9.37. The third-order valence-electron chi connectivity index (χ3n) is 6.01. The lowest BCUT2D eigenvalue weighted by molar-refractivity contribution is 0.0746. The van der Waals surface area contributed by atoms with E-state index in [2.05, 4.69) is 47.7 Å². The molecule has 2 saturated heterocycles. The number of anilines is 2. The number of hydrogen-bond donors (Lipinski definition) is 0. The molecule has 0 spiro atoms. The van der Waals surface area contributed by atoms with Crippen molar-refractivity contribution in [2.24, 2.45) is 0 Å². The van der Waals surface area contributed by atoms with Crippen molar-refractivity contribution >= 4 is 17.7 Å². The molecule has 0 unspecified atom stereocenters. The lowest BCUT2D eigenvalue weighted by atomic mass is 9.86. The van der Waals surface area contributed by atoms with E-state index in [4.69, 9.17) is 9.72 Å². The molecule has 1 aromatic heterocycles. The number of aryl methyl sites for hydroxylation is 1. The molecule has 0 aliphatic carbocycles. The minimum atomic E-state index is 0.0844. The van der Waals surface area contributed by atoms with Gasteiger partial charge in [-0.1, -0.05) is 32.9 Å². The molecule has 2 fully saturated rings. The summed E-state index contributed by atoms with van der Waals surface area (Å²) in [6, 6.07) is 10.1. The van der Waals surface area contributed by atoms with Gasteiger partial charge < -0.3 is 19.4 Å². The van der Waals surface area contributed by atoms with E-state index in [1.54, 1.807) is 0 Å². The van der Waals surface area contributed by atoms with Crippen LogP contribution in [0.25, 0.3) is 0 Å². The molecule has 3 heterocycles. The number of aromatic nitrogens is 2. The van der Waals surface area contributed by atoms with Gasteiger partial charge in [0.2, 0.25) is 5.95 Å². The third-order valence-corrected chi connectivity index (χ3v) is 6.01. The fraction of sp³-hybridized carbons (Fsp3) is 0.542. The highest BCUT2D eigenvalue weighted by Crippen LogP contribution is 2.23. The molecule has 4 rings (SSSR count). The lowest BCUT2D eigenvalue weighted by Gasteiger charge is -2.35. The molecular formula is C24H33N5O2. The second-order valence-electron chi connectivity index (χ2n) is 9.37. The van der Waals surface area contributed by atoms with Crippen LogP contribution in [0.2, 0.25) is 0 Å². The first kappa shape index (κ1) is 21.6. The Morgan fingerprint density at radius 2 is 1.55 bits per heavy atom. The van der Waals surface area contributed by atoms with Crippen molar-refractivity contribution < 1.29 is 9.53 Å². The van der Waals surface area contributed by atoms with Crippen molar-refractivity contribution in [2.45, 2.75) is 33.1 Å². The summed E-state index contributed by atoms with van der Waals surface area (Å²) < 4.78 is 5.46. The molecule has 31 heavy (non-hydrogen) atoms. The molecular weight excluding hydrogens is 390 g/mol. The standard InChI is InChI=1S/C24H33N5O2/c1-18-17-21(27-13-15-31-16-14-27)26-23(25-18)29-11-9-28(10-12-29)22(30)19-5-7-20(8-6-19)24(2,3)4/h5-8,17H,9-16H2,1-4H3. The quantitative estimate of drug-likeness (QED) is 0.757. The Morgan fingerprint density at radius 3 is 2.16 bits per heavy atom. The molecule has 7 nitrogen and oxygen atoms in total. The maximum absolute atomic E-state index is 13.0. The molecule has 0 atom stereocenters. The van der Waals surface area contributed by atoms with Crippen LogP contribution in [-0.4, -0.2) is 73.3 Å². The summed E-state index contributed by atoms with van der Waals surface area (Å²) in [7, 11) is 0. The normalized spacial score (nSPS) is 17.7. The molecule has 1 amide bonds. The number of carbonyl (C=O) groups is 1. The van der Waals surface area contributed by atoms with Crippen LogP contribution >= 0.6 is 0 Å². The average Bonchev–Trinajstić information content (AvgIpc) is 2.78. The van der Waals surface area contributed by atoms with Crippen molar-refractivity contribution in [2.75, 3.05) is 62.3 Å². The van der Waals surface area contributed by atoms with E-state index < -0.39 is 0 Å². The number of nitrogens with zero attached hydrogens (tertiary/aromatic N) is 5. The SMILES string of the molecule is Cc1cc(N2CCOCC2)nc(N2CCN(C(=O)c3ccc(C(C)(C)C)cc3)CC2)n1. The van der Waals surface area contributed by atoms with Crippen LogP contribution in [0.4, 0.5) is 11.8 Å². The van der Waals surface area contributed by atoms with Gasteiger partial charge in [0.1, 0.15) is 5.82 Å². The smallest absolute Gasteiger partial charge is 0.253 e. The predicted octanol–water partition coefficient (Wildman–Crippen LogP) is 2.88. The Bertz CT molecular complexity index is 909. The number of hydrogen-bond acceptors (Lipinski definition) is 6. The first-order valence-electron chi connectivity index (χ1n) is 11.1. The van der Waals surface area contributed by atoms with Crippen molar-refractivity contribution in [1.82, 2.24) is 14.9 Å². The van der Waals surface area contributed by atoms with Crippen molar-refractivity contribution in [1.29, 1.82) is 0 Å². The zero-order valence-corrected chi connectivity index (χ0v) is 19.1. The monoisotopic (exact) mass is 423 g/mol. The van der Waals surface area contributed by atoms with Gasteiger partial charge in [-0.25, -0.2) is 4.98 Å². The highest BCUT2D eigenvalue weighted by Gasteiger charge is 2.25. The van der Waals surface area contributed by atoms with Crippen LogP contribution in [0.1, 0.15) is 42.4 Å². The van der Waals surface area contributed by atoms with Gasteiger partial charge in [0, 0.05) is 56.6 Å². The summed E-state index contributed by atoms with van der Waals surface area (Å²) in [4.78, 5) is 28.8. The molecule has 0 saturated carbocycles. The fourth-order valence-corrected chi connectivity index (χ4v) is 4.04. The first-order chi connectivity index (χ1) is 14.8. The second kappa shape index (κ2) is 8.83. The van der Waals surface area contributed by atoms with Gasteiger partial charge in [-0.15, -0.1) is 0 Å². The summed E-state index contributed by atoms with van der Waals surface area (Å²) in [5.41, 5.74) is 3.04. The van der Waals surface area contributed by atoms with Crippen LogP contribution < -0.4 is 9.80 Å². The fourth-order valence-electron chi connectivity index (χ4n) is 4.04. The average molecular weight is 424 g/mol. The van der Waals surface area contributed by atoms with E-state index >= 15 is 0 Å². The molecule has 166 valence electrons. The van der Waals surface area contributed by atoms with Crippen molar-refractivity contribution in [3.8, 4) is 0 Å². The molecule has 0 N–H and O–H groups in total. The van der Waals surface area contributed by atoms with Gasteiger partial charge in [-0.05, 0) is 30.0 Å². The zero-order chi connectivity index (χ0) is 22.0. The molecule has 2 aliphatic heterocycles. The van der Waals surface area contributed by atoms with E-state index in [0.717, 1.165) is 62.4 Å². The minimum absolute atomic E-state index is 0.0844. The number of carbonyl (C=O) groups excluding carboxylic acids is 1. The molecule has 0 radical (unpaired) electrons. The largest absolute Gasteiger partial charge is 0.378 e. The number of benzene rings is 1. The first-order valence-corrected chi connectivity index (χ1v) is 11.1. The van der Waals surface area contributed by atoms with Gasteiger partial charge in [0.05, 0.1) is 13.2 Å². The highest BCUT2D eigenvalue weighted by atomic mass is 16.5. The number of amides is 1. The van der Waals surface area contributed by atoms with Gasteiger partial charge in [0.15, 0.2) is 0 Å². The molecule has 0 bridgehead atoms.